The van der Waals surface area contributed by atoms with Crippen LogP contribution in [-0.4, -0.2) is 36.5 Å². The summed E-state index contributed by atoms with van der Waals surface area (Å²) in [7, 11) is 0. The van der Waals surface area contributed by atoms with Crippen molar-refractivity contribution in [1.29, 1.82) is 0 Å². The molecule has 104 valence electrons. The maximum atomic E-state index is 12.6. The molecule has 0 bridgehead atoms. The van der Waals surface area contributed by atoms with Crippen LogP contribution in [0, 0.1) is 11.3 Å². The second kappa shape index (κ2) is 5.60. The molecule has 2 fully saturated rings. The first-order valence-corrected chi connectivity index (χ1v) is 7.62. The first kappa shape index (κ1) is 13.9. The van der Waals surface area contributed by atoms with Crippen LogP contribution in [0.3, 0.4) is 0 Å². The summed E-state index contributed by atoms with van der Waals surface area (Å²) < 4.78 is 0. The molecule has 2 heterocycles. The molecule has 0 aromatic heterocycles. The van der Waals surface area contributed by atoms with Gasteiger partial charge in [0.25, 0.3) is 0 Å². The van der Waals surface area contributed by atoms with Crippen molar-refractivity contribution in [2.45, 2.75) is 58.9 Å². The number of rotatable bonds is 3. The van der Waals surface area contributed by atoms with Crippen LogP contribution in [0.15, 0.2) is 0 Å². The highest BCUT2D eigenvalue weighted by Crippen LogP contribution is 2.38. The van der Waals surface area contributed by atoms with E-state index in [1.165, 1.54) is 19.3 Å². The van der Waals surface area contributed by atoms with E-state index in [0.717, 1.165) is 32.5 Å². The molecule has 1 amide bonds. The van der Waals surface area contributed by atoms with Gasteiger partial charge in [-0.25, -0.2) is 0 Å². The molecule has 2 atom stereocenters. The van der Waals surface area contributed by atoms with Crippen LogP contribution in [0.4, 0.5) is 0 Å². The number of amides is 1. The van der Waals surface area contributed by atoms with E-state index in [1.54, 1.807) is 0 Å². The minimum Gasteiger partial charge on any atom is -0.342 e. The van der Waals surface area contributed by atoms with E-state index in [4.69, 9.17) is 0 Å². The predicted octanol–water partition coefficient (Wildman–Crippen LogP) is 2.41. The summed E-state index contributed by atoms with van der Waals surface area (Å²) in [5, 5.41) is 3.43. The monoisotopic (exact) mass is 252 g/mol. The van der Waals surface area contributed by atoms with Crippen molar-refractivity contribution < 1.29 is 4.79 Å². The van der Waals surface area contributed by atoms with E-state index < -0.39 is 0 Å². The van der Waals surface area contributed by atoms with Crippen LogP contribution in [-0.2, 0) is 4.79 Å². The van der Waals surface area contributed by atoms with Crippen LogP contribution in [0.1, 0.15) is 52.9 Å². The Kier molecular flexibility index (Phi) is 4.31. The van der Waals surface area contributed by atoms with Crippen LogP contribution in [0.25, 0.3) is 0 Å². The van der Waals surface area contributed by atoms with Crippen LogP contribution < -0.4 is 5.32 Å². The summed E-state index contributed by atoms with van der Waals surface area (Å²) in [5.41, 5.74) is 0.411. The minimum atomic E-state index is 0.269. The topological polar surface area (TPSA) is 32.3 Å². The van der Waals surface area contributed by atoms with Gasteiger partial charge in [0.15, 0.2) is 0 Å². The third-order valence-electron chi connectivity index (χ3n) is 5.22. The van der Waals surface area contributed by atoms with Crippen molar-refractivity contribution >= 4 is 5.91 Å². The van der Waals surface area contributed by atoms with Gasteiger partial charge in [-0.3, -0.25) is 4.79 Å². The van der Waals surface area contributed by atoms with Gasteiger partial charge in [-0.15, -0.1) is 0 Å². The van der Waals surface area contributed by atoms with Gasteiger partial charge in [-0.2, -0.15) is 0 Å². The molecule has 18 heavy (non-hydrogen) atoms. The van der Waals surface area contributed by atoms with Gasteiger partial charge in [0, 0.05) is 25.0 Å². The third-order valence-corrected chi connectivity index (χ3v) is 5.22. The lowest BCUT2D eigenvalue weighted by molar-refractivity contribution is -0.136. The first-order valence-electron chi connectivity index (χ1n) is 7.62. The Labute approximate surface area is 111 Å². The Morgan fingerprint density at radius 2 is 2.11 bits per heavy atom. The zero-order chi connectivity index (χ0) is 13.2. The molecule has 2 saturated heterocycles. The molecular weight excluding hydrogens is 224 g/mol. The molecule has 0 spiro atoms. The third kappa shape index (κ3) is 2.71. The predicted molar refractivity (Wildman–Crippen MR) is 74.4 cm³/mol. The molecule has 2 aliphatic rings. The number of likely N-dealkylation sites (tertiary alicyclic amines) is 1. The van der Waals surface area contributed by atoms with Crippen molar-refractivity contribution in [3.05, 3.63) is 0 Å². The zero-order valence-corrected chi connectivity index (χ0v) is 12.2. The van der Waals surface area contributed by atoms with Gasteiger partial charge < -0.3 is 10.2 Å². The second-order valence-corrected chi connectivity index (χ2v) is 6.29. The molecule has 0 radical (unpaired) electrons. The number of hydrogen-bond acceptors (Lipinski definition) is 2. The van der Waals surface area contributed by atoms with Crippen molar-refractivity contribution in [3.8, 4) is 0 Å². The molecule has 0 aromatic rings. The Morgan fingerprint density at radius 1 is 1.39 bits per heavy atom. The lowest BCUT2D eigenvalue weighted by atomic mass is 9.82. The zero-order valence-electron chi connectivity index (χ0n) is 12.2. The molecule has 2 unspecified atom stereocenters. The summed E-state index contributed by atoms with van der Waals surface area (Å²) in [5.74, 6) is 0.692. The van der Waals surface area contributed by atoms with E-state index in [-0.39, 0.29) is 5.92 Å². The summed E-state index contributed by atoms with van der Waals surface area (Å²) in [6.07, 6.45) is 5.64. The Bertz CT molecular complexity index is 299. The minimum absolute atomic E-state index is 0.269. The number of carbonyl (C=O) groups is 1. The standard InChI is InChI=1S/C15H28N2O/c1-4-15(5-2)7-9-17(11-15)14(18)13-6-8-16-12(3)10-13/h12-13,16H,4-11H2,1-3H3. The summed E-state index contributed by atoms with van der Waals surface area (Å²) in [4.78, 5) is 14.7. The van der Waals surface area contributed by atoms with E-state index in [0.29, 0.717) is 17.4 Å². The lowest BCUT2D eigenvalue weighted by Gasteiger charge is -2.31. The maximum absolute atomic E-state index is 12.6. The smallest absolute Gasteiger partial charge is 0.225 e. The molecule has 2 rings (SSSR count). The first-order chi connectivity index (χ1) is 8.60. The quantitative estimate of drug-likeness (QED) is 0.836. The van der Waals surface area contributed by atoms with Crippen LogP contribution in [0.2, 0.25) is 0 Å². The summed E-state index contributed by atoms with van der Waals surface area (Å²) in [6, 6.07) is 0.498. The largest absolute Gasteiger partial charge is 0.342 e. The fraction of sp³-hybridized carbons (Fsp3) is 0.933. The molecular formula is C15H28N2O. The number of hydrogen-bond donors (Lipinski definition) is 1. The van der Waals surface area contributed by atoms with Crippen LogP contribution in [0.5, 0.6) is 0 Å². The summed E-state index contributed by atoms with van der Waals surface area (Å²) >= 11 is 0. The SMILES string of the molecule is CCC1(CC)CCN(C(=O)C2CCNC(C)C2)C1. The van der Waals surface area contributed by atoms with Gasteiger partial charge in [0.05, 0.1) is 0 Å². The molecule has 0 aromatic carbocycles. The van der Waals surface area contributed by atoms with Gasteiger partial charge in [0.1, 0.15) is 0 Å². The van der Waals surface area contributed by atoms with E-state index in [2.05, 4.69) is 31.0 Å². The van der Waals surface area contributed by atoms with Crippen molar-refractivity contribution in [3.63, 3.8) is 0 Å². The van der Waals surface area contributed by atoms with Gasteiger partial charge >= 0.3 is 0 Å². The van der Waals surface area contributed by atoms with E-state index in [9.17, 15) is 4.79 Å². The van der Waals surface area contributed by atoms with E-state index in [1.807, 2.05) is 0 Å². The van der Waals surface area contributed by atoms with Crippen molar-refractivity contribution in [2.75, 3.05) is 19.6 Å². The number of nitrogens with zero attached hydrogens (tertiary/aromatic N) is 1. The number of piperidine rings is 1. The van der Waals surface area contributed by atoms with Gasteiger partial charge in [-0.1, -0.05) is 13.8 Å². The number of nitrogens with one attached hydrogen (secondary N) is 1. The van der Waals surface area contributed by atoms with E-state index >= 15 is 0 Å². The average Bonchev–Trinajstić information content (AvgIpc) is 2.83. The molecule has 0 saturated carbocycles. The van der Waals surface area contributed by atoms with Gasteiger partial charge in [-0.05, 0) is 51.0 Å². The maximum Gasteiger partial charge on any atom is 0.225 e. The Balaban J connectivity index is 1.94. The fourth-order valence-electron chi connectivity index (χ4n) is 3.56. The Hall–Kier alpha value is -0.570. The second-order valence-electron chi connectivity index (χ2n) is 6.29. The highest BCUT2D eigenvalue weighted by atomic mass is 16.2. The average molecular weight is 252 g/mol. The van der Waals surface area contributed by atoms with Crippen molar-refractivity contribution in [2.24, 2.45) is 11.3 Å². The highest BCUT2D eigenvalue weighted by molar-refractivity contribution is 5.79. The van der Waals surface area contributed by atoms with Crippen LogP contribution >= 0.6 is 0 Å². The molecule has 1 N–H and O–H groups in total. The highest BCUT2D eigenvalue weighted by Gasteiger charge is 2.39. The summed E-state index contributed by atoms with van der Waals surface area (Å²) in [6.45, 7) is 9.70. The number of carbonyl (C=O) groups excluding carboxylic acids is 1. The van der Waals surface area contributed by atoms with Crippen molar-refractivity contribution in [1.82, 2.24) is 10.2 Å². The molecule has 2 aliphatic heterocycles. The fourth-order valence-corrected chi connectivity index (χ4v) is 3.56. The Morgan fingerprint density at radius 3 is 2.67 bits per heavy atom. The molecule has 3 nitrogen and oxygen atoms in total. The van der Waals surface area contributed by atoms with Gasteiger partial charge in [0.2, 0.25) is 5.91 Å². The lowest BCUT2D eigenvalue weighted by Crippen LogP contribution is -2.44. The molecule has 0 aliphatic carbocycles. The molecule has 3 heteroatoms. The normalized spacial score (nSPS) is 31.6.